The maximum atomic E-state index is 2.64. The van der Waals surface area contributed by atoms with E-state index in [1.54, 1.807) is 16.4 Å². The Morgan fingerprint density at radius 2 is 1.04 bits per heavy atom. The fourth-order valence-electron chi connectivity index (χ4n) is 5.29. The SMILES string of the molecule is Cc1ccccc1C1CCC(c2ccccc2C)[PH]1(C)c1ccccc1. The van der Waals surface area contributed by atoms with Gasteiger partial charge in [0.05, 0.1) is 0 Å². The molecule has 0 amide bonds. The molecule has 0 spiro atoms. The molecule has 1 fully saturated rings. The summed E-state index contributed by atoms with van der Waals surface area (Å²) in [6.07, 6.45) is 2.61. The Balaban J connectivity index is 1.89. The third-order valence-electron chi connectivity index (χ3n) is 6.72. The molecule has 4 rings (SSSR count). The number of hydrogen-bond donors (Lipinski definition) is 0. The fraction of sp³-hybridized carbons (Fsp3) is 0.280. The van der Waals surface area contributed by atoms with Gasteiger partial charge in [0.25, 0.3) is 0 Å². The molecular formula is C25H29P. The van der Waals surface area contributed by atoms with Gasteiger partial charge in [-0.2, -0.15) is 0 Å². The second-order valence-corrected chi connectivity index (χ2v) is 12.6. The molecule has 26 heavy (non-hydrogen) atoms. The van der Waals surface area contributed by atoms with Gasteiger partial charge < -0.3 is 0 Å². The van der Waals surface area contributed by atoms with Gasteiger partial charge in [-0.05, 0) is 0 Å². The molecule has 0 aromatic heterocycles. The van der Waals surface area contributed by atoms with Crippen LogP contribution in [0.15, 0.2) is 78.9 Å². The first-order valence-corrected chi connectivity index (χ1v) is 12.4. The zero-order chi connectivity index (χ0) is 18.1. The van der Waals surface area contributed by atoms with Crippen molar-refractivity contribution in [2.24, 2.45) is 0 Å². The van der Waals surface area contributed by atoms with Crippen molar-refractivity contribution in [3.05, 3.63) is 101 Å². The molecule has 0 radical (unpaired) electrons. The zero-order valence-electron chi connectivity index (χ0n) is 16.1. The third kappa shape index (κ3) is 2.81. The Morgan fingerprint density at radius 3 is 1.50 bits per heavy atom. The molecule has 1 saturated heterocycles. The normalized spacial score (nSPS) is 22.9. The molecule has 2 unspecified atom stereocenters. The van der Waals surface area contributed by atoms with E-state index in [-0.39, 0.29) is 0 Å². The predicted molar refractivity (Wildman–Crippen MR) is 117 cm³/mol. The summed E-state index contributed by atoms with van der Waals surface area (Å²) < 4.78 is 0. The van der Waals surface area contributed by atoms with E-state index in [0.717, 1.165) is 0 Å². The molecule has 1 heterocycles. The van der Waals surface area contributed by atoms with Crippen LogP contribution in [-0.4, -0.2) is 6.66 Å². The van der Waals surface area contributed by atoms with Gasteiger partial charge in [0.1, 0.15) is 0 Å². The topological polar surface area (TPSA) is 0 Å². The molecule has 3 aromatic rings. The first-order chi connectivity index (χ1) is 12.6. The van der Waals surface area contributed by atoms with Gasteiger partial charge in [0, 0.05) is 0 Å². The van der Waals surface area contributed by atoms with E-state index < -0.39 is 7.26 Å². The summed E-state index contributed by atoms with van der Waals surface area (Å²) in [7, 11) is -1.77. The third-order valence-corrected chi connectivity index (χ3v) is 12.4. The second kappa shape index (κ2) is 7.01. The maximum absolute atomic E-state index is 2.64. The molecule has 1 aliphatic rings. The number of rotatable bonds is 3. The number of benzene rings is 3. The molecule has 1 aliphatic heterocycles. The number of aryl methyl sites for hydroxylation is 2. The quantitative estimate of drug-likeness (QED) is 0.463. The van der Waals surface area contributed by atoms with Gasteiger partial charge in [-0.1, -0.05) is 0 Å². The molecule has 1 heteroatoms. The van der Waals surface area contributed by atoms with E-state index in [1.807, 2.05) is 0 Å². The molecule has 134 valence electrons. The molecule has 0 nitrogen and oxygen atoms in total. The van der Waals surface area contributed by atoms with Crippen LogP contribution >= 0.6 is 7.26 Å². The van der Waals surface area contributed by atoms with E-state index in [2.05, 4.69) is 99.4 Å². The van der Waals surface area contributed by atoms with E-state index in [4.69, 9.17) is 0 Å². The standard InChI is InChI=1S/C25H29P/c1-19-11-7-9-15-22(19)24-17-18-25(23-16-10-8-12-20(23)2)26(24,3)21-13-5-4-6-14-21/h4-16,24-26H,17-18H2,1-3H3. The second-order valence-electron chi connectivity index (χ2n) is 8.04. The number of hydrogen-bond acceptors (Lipinski definition) is 0. The fourth-order valence-corrected chi connectivity index (χ4v) is 11.0. The monoisotopic (exact) mass is 360 g/mol. The zero-order valence-corrected chi connectivity index (χ0v) is 17.1. The van der Waals surface area contributed by atoms with Crippen LogP contribution in [0.2, 0.25) is 0 Å². The minimum atomic E-state index is -1.77. The van der Waals surface area contributed by atoms with Crippen molar-refractivity contribution < 1.29 is 0 Å². The van der Waals surface area contributed by atoms with Crippen LogP contribution in [0.1, 0.15) is 46.4 Å². The van der Waals surface area contributed by atoms with Gasteiger partial charge in [-0.25, -0.2) is 0 Å². The Hall–Kier alpha value is -1.91. The molecule has 2 atom stereocenters. The molecule has 3 aromatic carbocycles. The van der Waals surface area contributed by atoms with Crippen LogP contribution in [0.5, 0.6) is 0 Å². The van der Waals surface area contributed by atoms with E-state index in [1.165, 1.54) is 24.0 Å². The van der Waals surface area contributed by atoms with Crippen molar-refractivity contribution in [3.8, 4) is 0 Å². The van der Waals surface area contributed by atoms with E-state index in [0.29, 0.717) is 11.3 Å². The first kappa shape index (κ1) is 17.5. The van der Waals surface area contributed by atoms with Crippen LogP contribution in [0, 0.1) is 13.8 Å². The van der Waals surface area contributed by atoms with Crippen molar-refractivity contribution in [3.63, 3.8) is 0 Å². The minimum absolute atomic E-state index is 0.690. The molecule has 0 saturated carbocycles. The van der Waals surface area contributed by atoms with Gasteiger partial charge in [-0.15, -0.1) is 0 Å². The van der Waals surface area contributed by atoms with Crippen molar-refractivity contribution >= 4 is 12.6 Å². The van der Waals surface area contributed by atoms with Crippen molar-refractivity contribution in [1.29, 1.82) is 0 Å². The molecule has 0 bridgehead atoms. The van der Waals surface area contributed by atoms with Crippen LogP contribution in [0.3, 0.4) is 0 Å². The average molecular weight is 360 g/mol. The van der Waals surface area contributed by atoms with Crippen LogP contribution < -0.4 is 5.30 Å². The van der Waals surface area contributed by atoms with Gasteiger partial charge >= 0.3 is 158 Å². The molecular weight excluding hydrogens is 331 g/mol. The average Bonchev–Trinajstić information content (AvgIpc) is 3.01. The Kier molecular flexibility index (Phi) is 4.72. The Bertz CT molecular complexity index is 843. The summed E-state index contributed by atoms with van der Waals surface area (Å²) in [5.41, 5.74) is 7.46. The summed E-state index contributed by atoms with van der Waals surface area (Å²) in [6, 6.07) is 29.6. The van der Waals surface area contributed by atoms with Gasteiger partial charge in [0.15, 0.2) is 0 Å². The van der Waals surface area contributed by atoms with Crippen LogP contribution in [-0.2, 0) is 0 Å². The van der Waals surface area contributed by atoms with Crippen LogP contribution in [0.25, 0.3) is 0 Å². The van der Waals surface area contributed by atoms with Crippen LogP contribution in [0.4, 0.5) is 0 Å². The van der Waals surface area contributed by atoms with Gasteiger partial charge in [0.2, 0.25) is 0 Å². The Morgan fingerprint density at radius 1 is 0.615 bits per heavy atom. The molecule has 0 N–H and O–H groups in total. The first-order valence-electron chi connectivity index (χ1n) is 9.79. The summed E-state index contributed by atoms with van der Waals surface area (Å²) >= 11 is 0. The summed E-state index contributed by atoms with van der Waals surface area (Å²) in [5, 5.41) is 1.61. The van der Waals surface area contributed by atoms with Crippen molar-refractivity contribution in [2.45, 2.75) is 38.0 Å². The molecule has 0 aliphatic carbocycles. The van der Waals surface area contributed by atoms with E-state index >= 15 is 0 Å². The summed E-state index contributed by atoms with van der Waals surface area (Å²) in [4.78, 5) is 0. The van der Waals surface area contributed by atoms with Crippen molar-refractivity contribution in [1.82, 2.24) is 0 Å². The predicted octanol–water partition coefficient (Wildman–Crippen LogP) is 6.58. The van der Waals surface area contributed by atoms with E-state index in [9.17, 15) is 0 Å². The Labute approximate surface area is 158 Å². The van der Waals surface area contributed by atoms with Crippen molar-refractivity contribution in [2.75, 3.05) is 6.66 Å². The summed E-state index contributed by atoms with van der Waals surface area (Å²) in [6.45, 7) is 7.22. The summed E-state index contributed by atoms with van der Waals surface area (Å²) in [5.74, 6) is 0. The van der Waals surface area contributed by atoms with Gasteiger partial charge in [-0.3, -0.25) is 0 Å².